The average molecular weight is 380 g/mol. The van der Waals surface area contributed by atoms with E-state index in [1.54, 1.807) is 0 Å². The average Bonchev–Trinajstić information content (AvgIpc) is 2.75. The van der Waals surface area contributed by atoms with Crippen LogP contribution in [-0.4, -0.2) is 60.2 Å². The number of piperidine rings is 1. The fraction of sp³-hybridized carbons (Fsp3) is 0.500. The van der Waals surface area contributed by atoms with E-state index in [4.69, 9.17) is 4.74 Å². The Morgan fingerprint density at radius 2 is 1.79 bits per heavy atom. The second kappa shape index (κ2) is 8.69. The second-order valence-corrected chi connectivity index (χ2v) is 7.68. The minimum atomic E-state index is 0.0261. The summed E-state index contributed by atoms with van der Waals surface area (Å²) in [6, 6.07) is 12.5. The van der Waals surface area contributed by atoms with Gasteiger partial charge >= 0.3 is 0 Å². The van der Waals surface area contributed by atoms with Gasteiger partial charge < -0.3 is 14.5 Å². The van der Waals surface area contributed by atoms with E-state index in [0.29, 0.717) is 30.7 Å². The molecule has 1 aromatic carbocycles. The molecule has 2 aromatic rings. The molecule has 0 bridgehead atoms. The molecule has 0 saturated carbocycles. The summed E-state index contributed by atoms with van der Waals surface area (Å²) >= 11 is 0. The molecule has 28 heavy (non-hydrogen) atoms. The number of hydrogen-bond acceptors (Lipinski definition) is 5. The zero-order valence-electron chi connectivity index (χ0n) is 16.5. The van der Waals surface area contributed by atoms with Crippen LogP contribution >= 0.6 is 0 Å². The van der Waals surface area contributed by atoms with E-state index >= 15 is 0 Å². The number of rotatable bonds is 4. The van der Waals surface area contributed by atoms with Gasteiger partial charge in [0.1, 0.15) is 17.3 Å². The van der Waals surface area contributed by atoms with Crippen molar-refractivity contribution >= 4 is 11.7 Å². The topological polar surface area (TPSA) is 58.6 Å². The Labute approximate surface area is 166 Å². The Hall–Kier alpha value is -2.47. The molecule has 4 rings (SSSR count). The highest BCUT2D eigenvalue weighted by atomic mass is 16.5. The molecule has 3 heterocycles. The van der Waals surface area contributed by atoms with Crippen molar-refractivity contribution < 1.29 is 9.53 Å². The number of ether oxygens (including phenoxy) is 1. The summed E-state index contributed by atoms with van der Waals surface area (Å²) in [5.74, 6) is 2.14. The molecule has 2 aliphatic rings. The number of morpholine rings is 1. The van der Waals surface area contributed by atoms with Crippen LogP contribution in [0.1, 0.15) is 34.7 Å². The third-order valence-electron chi connectivity index (χ3n) is 5.65. The number of benzene rings is 1. The van der Waals surface area contributed by atoms with Gasteiger partial charge in [0.25, 0.3) is 5.91 Å². The highest BCUT2D eigenvalue weighted by Gasteiger charge is 2.26. The van der Waals surface area contributed by atoms with Gasteiger partial charge in [-0.1, -0.05) is 30.3 Å². The number of aryl methyl sites for hydroxylation is 1. The van der Waals surface area contributed by atoms with E-state index in [0.717, 1.165) is 51.3 Å². The van der Waals surface area contributed by atoms with Crippen LogP contribution in [0.15, 0.2) is 36.4 Å². The Bertz CT molecular complexity index is 797. The number of aromatic nitrogens is 2. The Kier molecular flexibility index (Phi) is 5.86. The van der Waals surface area contributed by atoms with Crippen molar-refractivity contribution in [2.45, 2.75) is 26.2 Å². The first-order chi connectivity index (χ1) is 13.7. The number of hydrogen-bond donors (Lipinski definition) is 0. The number of nitrogens with zero attached hydrogens (tertiary/aromatic N) is 4. The van der Waals surface area contributed by atoms with Gasteiger partial charge in [0.05, 0.1) is 13.2 Å². The largest absolute Gasteiger partial charge is 0.378 e. The number of carbonyl (C=O) groups excluding carboxylic acids is 1. The normalized spacial score (nSPS) is 18.3. The second-order valence-electron chi connectivity index (χ2n) is 7.68. The van der Waals surface area contributed by atoms with Crippen LogP contribution in [-0.2, 0) is 11.2 Å². The summed E-state index contributed by atoms with van der Waals surface area (Å²) in [6.45, 7) is 6.44. The highest BCUT2D eigenvalue weighted by molar-refractivity contribution is 5.93. The maximum atomic E-state index is 13.0. The lowest BCUT2D eigenvalue weighted by Crippen LogP contribution is -2.40. The molecule has 2 saturated heterocycles. The van der Waals surface area contributed by atoms with E-state index in [9.17, 15) is 4.79 Å². The monoisotopic (exact) mass is 380 g/mol. The number of anilines is 1. The zero-order valence-corrected chi connectivity index (χ0v) is 16.5. The van der Waals surface area contributed by atoms with Crippen LogP contribution in [0.2, 0.25) is 0 Å². The minimum Gasteiger partial charge on any atom is -0.378 e. The van der Waals surface area contributed by atoms with Crippen molar-refractivity contribution in [3.05, 3.63) is 53.5 Å². The fourth-order valence-corrected chi connectivity index (χ4v) is 4.07. The van der Waals surface area contributed by atoms with Gasteiger partial charge in [-0.05, 0) is 37.7 Å². The number of likely N-dealkylation sites (tertiary alicyclic amines) is 1. The summed E-state index contributed by atoms with van der Waals surface area (Å²) in [5, 5.41) is 0. The van der Waals surface area contributed by atoms with Gasteiger partial charge in [-0.2, -0.15) is 0 Å². The molecule has 1 aromatic heterocycles. The predicted molar refractivity (Wildman–Crippen MR) is 109 cm³/mol. The van der Waals surface area contributed by atoms with Gasteiger partial charge in [0.2, 0.25) is 0 Å². The molecule has 0 radical (unpaired) electrons. The molecule has 148 valence electrons. The van der Waals surface area contributed by atoms with Gasteiger partial charge in [-0.25, -0.2) is 9.97 Å². The standard InChI is InChI=1S/C22H28N4O2/c1-17-23-20(16-21(24-17)25-11-13-28-14-12-25)22(27)26-9-7-19(8-10-26)15-18-5-3-2-4-6-18/h2-6,16,19H,7-15H2,1H3. The lowest BCUT2D eigenvalue weighted by atomic mass is 9.90. The lowest BCUT2D eigenvalue weighted by Gasteiger charge is -2.32. The first-order valence-electron chi connectivity index (χ1n) is 10.2. The number of carbonyl (C=O) groups is 1. The van der Waals surface area contributed by atoms with Gasteiger partial charge in [-0.3, -0.25) is 4.79 Å². The zero-order chi connectivity index (χ0) is 19.3. The Morgan fingerprint density at radius 3 is 2.50 bits per heavy atom. The van der Waals surface area contributed by atoms with Crippen molar-refractivity contribution in [3.63, 3.8) is 0 Å². The summed E-state index contributed by atoms with van der Waals surface area (Å²) in [6.07, 6.45) is 3.18. The molecule has 6 heteroatoms. The molecule has 6 nitrogen and oxygen atoms in total. The van der Waals surface area contributed by atoms with Crippen molar-refractivity contribution in [3.8, 4) is 0 Å². The van der Waals surface area contributed by atoms with Gasteiger partial charge in [0, 0.05) is 32.2 Å². The molecular formula is C22H28N4O2. The van der Waals surface area contributed by atoms with E-state index in [-0.39, 0.29) is 5.91 Å². The van der Waals surface area contributed by atoms with Crippen LogP contribution in [0.25, 0.3) is 0 Å². The third-order valence-corrected chi connectivity index (χ3v) is 5.65. The third kappa shape index (κ3) is 4.50. The van der Waals surface area contributed by atoms with Crippen molar-refractivity contribution in [2.24, 2.45) is 5.92 Å². The molecular weight excluding hydrogens is 352 g/mol. The molecule has 0 aliphatic carbocycles. The molecule has 0 unspecified atom stereocenters. The van der Waals surface area contributed by atoms with E-state index in [1.807, 2.05) is 17.9 Å². The Morgan fingerprint density at radius 1 is 1.07 bits per heavy atom. The van der Waals surface area contributed by atoms with Crippen LogP contribution in [0, 0.1) is 12.8 Å². The summed E-state index contributed by atoms with van der Waals surface area (Å²) in [4.78, 5) is 26.1. The van der Waals surface area contributed by atoms with Crippen molar-refractivity contribution in [1.29, 1.82) is 0 Å². The highest BCUT2D eigenvalue weighted by Crippen LogP contribution is 2.23. The smallest absolute Gasteiger partial charge is 0.272 e. The lowest BCUT2D eigenvalue weighted by molar-refractivity contribution is 0.0684. The summed E-state index contributed by atoms with van der Waals surface area (Å²) in [7, 11) is 0. The first-order valence-corrected chi connectivity index (χ1v) is 10.2. The van der Waals surface area contributed by atoms with Crippen LogP contribution < -0.4 is 4.90 Å². The summed E-state index contributed by atoms with van der Waals surface area (Å²) in [5.41, 5.74) is 1.89. The summed E-state index contributed by atoms with van der Waals surface area (Å²) < 4.78 is 5.42. The molecule has 0 N–H and O–H groups in total. The van der Waals surface area contributed by atoms with Crippen molar-refractivity contribution in [2.75, 3.05) is 44.3 Å². The quantitative estimate of drug-likeness (QED) is 0.816. The molecule has 2 aliphatic heterocycles. The maximum Gasteiger partial charge on any atom is 0.272 e. The predicted octanol–water partition coefficient (Wildman–Crippen LogP) is 2.72. The van der Waals surface area contributed by atoms with Crippen LogP contribution in [0.5, 0.6) is 0 Å². The molecule has 0 spiro atoms. The Balaban J connectivity index is 1.39. The molecule has 0 atom stereocenters. The van der Waals surface area contributed by atoms with Gasteiger partial charge in [-0.15, -0.1) is 0 Å². The molecule has 1 amide bonds. The van der Waals surface area contributed by atoms with Gasteiger partial charge in [0.15, 0.2) is 0 Å². The van der Waals surface area contributed by atoms with E-state index in [1.165, 1.54) is 5.56 Å². The number of amides is 1. The van der Waals surface area contributed by atoms with E-state index in [2.05, 4.69) is 45.2 Å². The van der Waals surface area contributed by atoms with Crippen LogP contribution in [0.3, 0.4) is 0 Å². The maximum absolute atomic E-state index is 13.0. The first kappa shape index (κ1) is 18.9. The van der Waals surface area contributed by atoms with Crippen molar-refractivity contribution in [1.82, 2.24) is 14.9 Å². The minimum absolute atomic E-state index is 0.0261. The SMILES string of the molecule is Cc1nc(C(=O)N2CCC(Cc3ccccc3)CC2)cc(N2CCOCC2)n1. The molecule has 2 fully saturated rings. The fourth-order valence-electron chi connectivity index (χ4n) is 4.07. The van der Waals surface area contributed by atoms with E-state index < -0.39 is 0 Å². The van der Waals surface area contributed by atoms with Crippen LogP contribution in [0.4, 0.5) is 5.82 Å².